The van der Waals surface area contributed by atoms with E-state index in [1.165, 1.54) is 16.3 Å². The third kappa shape index (κ3) is 1.87. The first-order chi connectivity index (χ1) is 8.74. The smallest absolute Gasteiger partial charge is 0.250 e. The summed E-state index contributed by atoms with van der Waals surface area (Å²) in [4.78, 5) is 16.3. The van der Waals surface area contributed by atoms with E-state index in [9.17, 15) is 4.79 Å². The maximum Gasteiger partial charge on any atom is 0.250 e. The number of nitrogens with zero attached hydrogens (tertiary/aromatic N) is 1. The van der Waals surface area contributed by atoms with E-state index in [2.05, 4.69) is 23.2 Å². The Morgan fingerprint density at radius 2 is 2.00 bits per heavy atom. The molecule has 3 nitrogen and oxygen atoms in total. The predicted molar refractivity (Wildman–Crippen MR) is 73.6 cm³/mol. The molecule has 88 valence electrons. The summed E-state index contributed by atoms with van der Waals surface area (Å²) in [6, 6.07) is 12.1. The fourth-order valence-corrected chi connectivity index (χ4v) is 2.88. The fourth-order valence-electron chi connectivity index (χ4n) is 1.83. The molecular weight excluding hydrogens is 244 g/mol. The van der Waals surface area contributed by atoms with Crippen molar-refractivity contribution in [3.63, 3.8) is 0 Å². The highest BCUT2D eigenvalue weighted by molar-refractivity contribution is 7.22. The van der Waals surface area contributed by atoms with Crippen molar-refractivity contribution in [2.45, 2.75) is 0 Å². The zero-order valence-corrected chi connectivity index (χ0v) is 10.3. The number of primary amides is 1. The number of fused-ring (bicyclic) bond motifs is 1. The van der Waals surface area contributed by atoms with Gasteiger partial charge in [0, 0.05) is 27.5 Å². The molecule has 18 heavy (non-hydrogen) atoms. The molecule has 2 N–H and O–H groups in total. The van der Waals surface area contributed by atoms with Crippen molar-refractivity contribution in [3.05, 3.63) is 54.4 Å². The molecule has 0 unspecified atom stereocenters. The number of aromatic nitrogens is 1. The van der Waals surface area contributed by atoms with Gasteiger partial charge in [-0.2, -0.15) is 0 Å². The van der Waals surface area contributed by atoms with Crippen LogP contribution < -0.4 is 5.73 Å². The molecule has 0 aliphatic rings. The Labute approximate surface area is 108 Å². The second kappa shape index (κ2) is 4.23. The van der Waals surface area contributed by atoms with Crippen molar-refractivity contribution in [3.8, 4) is 10.4 Å². The number of benzene rings is 1. The molecule has 0 saturated heterocycles. The van der Waals surface area contributed by atoms with Crippen molar-refractivity contribution >= 4 is 27.3 Å². The van der Waals surface area contributed by atoms with E-state index in [0.29, 0.717) is 5.56 Å². The maximum absolute atomic E-state index is 11.1. The monoisotopic (exact) mass is 254 g/mol. The van der Waals surface area contributed by atoms with Gasteiger partial charge in [0.05, 0.1) is 5.56 Å². The molecule has 1 amide bonds. The highest BCUT2D eigenvalue weighted by Crippen LogP contribution is 2.33. The number of carbonyl (C=O) groups is 1. The van der Waals surface area contributed by atoms with Crippen molar-refractivity contribution in [2.75, 3.05) is 0 Å². The molecule has 0 bridgehead atoms. The SMILES string of the molecule is NC(=O)c1cncc(-c2cc3ccccc3s2)c1. The summed E-state index contributed by atoms with van der Waals surface area (Å²) in [7, 11) is 0. The van der Waals surface area contributed by atoms with Crippen LogP contribution in [0.2, 0.25) is 0 Å². The van der Waals surface area contributed by atoms with Crippen LogP contribution >= 0.6 is 11.3 Å². The third-order valence-electron chi connectivity index (χ3n) is 2.73. The van der Waals surface area contributed by atoms with Gasteiger partial charge < -0.3 is 5.73 Å². The van der Waals surface area contributed by atoms with Gasteiger partial charge in [0.1, 0.15) is 0 Å². The Bertz CT molecular complexity index is 700. The summed E-state index contributed by atoms with van der Waals surface area (Å²) in [5.41, 5.74) is 6.62. The topological polar surface area (TPSA) is 56.0 Å². The minimum absolute atomic E-state index is 0.435. The lowest BCUT2D eigenvalue weighted by Crippen LogP contribution is -2.11. The molecule has 3 rings (SSSR count). The van der Waals surface area contributed by atoms with Gasteiger partial charge in [-0.25, -0.2) is 0 Å². The summed E-state index contributed by atoms with van der Waals surface area (Å²) >= 11 is 1.68. The molecule has 0 saturated carbocycles. The van der Waals surface area contributed by atoms with Crippen LogP contribution in [-0.2, 0) is 0 Å². The molecule has 2 aromatic heterocycles. The molecule has 0 atom stereocenters. The molecule has 0 aliphatic heterocycles. The van der Waals surface area contributed by atoms with Crippen molar-refractivity contribution in [1.82, 2.24) is 4.98 Å². The standard InChI is InChI=1S/C14H10N2OS/c15-14(17)11-5-10(7-16-8-11)13-6-9-3-1-2-4-12(9)18-13/h1-8H,(H2,15,17). The van der Waals surface area contributed by atoms with E-state index >= 15 is 0 Å². The second-order valence-electron chi connectivity index (χ2n) is 3.98. The molecular formula is C14H10N2OS. The fraction of sp³-hybridized carbons (Fsp3) is 0. The number of amides is 1. The van der Waals surface area contributed by atoms with E-state index < -0.39 is 5.91 Å². The van der Waals surface area contributed by atoms with Crippen LogP contribution in [-0.4, -0.2) is 10.9 Å². The minimum atomic E-state index is -0.453. The Morgan fingerprint density at radius 3 is 2.78 bits per heavy atom. The maximum atomic E-state index is 11.1. The Morgan fingerprint density at radius 1 is 1.17 bits per heavy atom. The Balaban J connectivity index is 2.13. The van der Waals surface area contributed by atoms with Crippen molar-refractivity contribution < 1.29 is 4.79 Å². The normalized spacial score (nSPS) is 10.7. The highest BCUT2D eigenvalue weighted by Gasteiger charge is 2.07. The van der Waals surface area contributed by atoms with E-state index in [-0.39, 0.29) is 0 Å². The van der Waals surface area contributed by atoms with Crippen LogP contribution in [0.4, 0.5) is 0 Å². The van der Waals surface area contributed by atoms with E-state index in [1.807, 2.05) is 12.1 Å². The van der Waals surface area contributed by atoms with E-state index in [0.717, 1.165) is 10.4 Å². The first kappa shape index (κ1) is 10.9. The highest BCUT2D eigenvalue weighted by atomic mass is 32.1. The van der Waals surface area contributed by atoms with Gasteiger partial charge in [-0.15, -0.1) is 11.3 Å². The van der Waals surface area contributed by atoms with Gasteiger partial charge in [-0.05, 0) is 23.6 Å². The number of thiophene rings is 1. The molecule has 2 heterocycles. The lowest BCUT2D eigenvalue weighted by atomic mass is 10.1. The summed E-state index contributed by atoms with van der Waals surface area (Å²) in [5.74, 6) is -0.453. The lowest BCUT2D eigenvalue weighted by Gasteiger charge is -1.98. The molecule has 1 aromatic carbocycles. The summed E-state index contributed by atoms with van der Waals surface area (Å²) in [5, 5.41) is 1.20. The summed E-state index contributed by atoms with van der Waals surface area (Å²) < 4.78 is 1.22. The van der Waals surface area contributed by atoms with Gasteiger partial charge in [0.2, 0.25) is 5.91 Å². The first-order valence-corrected chi connectivity index (χ1v) is 6.29. The van der Waals surface area contributed by atoms with Gasteiger partial charge >= 0.3 is 0 Å². The van der Waals surface area contributed by atoms with Gasteiger partial charge in [-0.1, -0.05) is 18.2 Å². The van der Waals surface area contributed by atoms with Gasteiger partial charge in [-0.3, -0.25) is 9.78 Å². The molecule has 0 spiro atoms. The quantitative estimate of drug-likeness (QED) is 0.764. The molecule has 3 aromatic rings. The summed E-state index contributed by atoms with van der Waals surface area (Å²) in [6.45, 7) is 0. The van der Waals surface area contributed by atoms with E-state index in [4.69, 9.17) is 5.73 Å². The second-order valence-corrected chi connectivity index (χ2v) is 5.06. The molecule has 0 radical (unpaired) electrons. The molecule has 0 aliphatic carbocycles. The van der Waals surface area contributed by atoms with E-state index in [1.54, 1.807) is 23.6 Å². The number of pyridine rings is 1. The van der Waals surface area contributed by atoms with Crippen LogP contribution in [0.3, 0.4) is 0 Å². The summed E-state index contributed by atoms with van der Waals surface area (Å²) in [6.07, 6.45) is 3.23. The zero-order valence-electron chi connectivity index (χ0n) is 9.46. The average Bonchev–Trinajstić information content (AvgIpc) is 2.82. The average molecular weight is 254 g/mol. The Kier molecular flexibility index (Phi) is 2.57. The number of hydrogen-bond acceptors (Lipinski definition) is 3. The largest absolute Gasteiger partial charge is 0.366 e. The number of hydrogen-bond donors (Lipinski definition) is 1. The van der Waals surface area contributed by atoms with Crippen LogP contribution in [0.5, 0.6) is 0 Å². The van der Waals surface area contributed by atoms with Gasteiger partial charge in [0.25, 0.3) is 0 Å². The number of carbonyl (C=O) groups excluding carboxylic acids is 1. The minimum Gasteiger partial charge on any atom is -0.366 e. The zero-order chi connectivity index (χ0) is 12.5. The van der Waals surface area contributed by atoms with Crippen LogP contribution in [0.1, 0.15) is 10.4 Å². The lowest BCUT2D eigenvalue weighted by molar-refractivity contribution is 0.1000. The van der Waals surface area contributed by atoms with Crippen LogP contribution in [0, 0.1) is 0 Å². The van der Waals surface area contributed by atoms with Crippen molar-refractivity contribution in [2.24, 2.45) is 5.73 Å². The van der Waals surface area contributed by atoms with Crippen LogP contribution in [0.25, 0.3) is 20.5 Å². The third-order valence-corrected chi connectivity index (χ3v) is 3.90. The first-order valence-electron chi connectivity index (χ1n) is 5.48. The number of nitrogens with two attached hydrogens (primary N) is 1. The van der Waals surface area contributed by atoms with Gasteiger partial charge in [0.15, 0.2) is 0 Å². The Hall–Kier alpha value is -2.20. The molecule has 0 fully saturated rings. The predicted octanol–water partition coefficient (Wildman–Crippen LogP) is 3.06. The van der Waals surface area contributed by atoms with Crippen molar-refractivity contribution in [1.29, 1.82) is 0 Å². The molecule has 4 heteroatoms. The van der Waals surface area contributed by atoms with Crippen LogP contribution in [0.15, 0.2) is 48.8 Å². The number of rotatable bonds is 2.